The van der Waals surface area contributed by atoms with E-state index in [1.807, 2.05) is 11.9 Å². The van der Waals surface area contributed by atoms with Crippen molar-refractivity contribution < 1.29 is 14.3 Å². The molecule has 0 aliphatic carbocycles. The molecule has 1 heterocycles. The zero-order chi connectivity index (χ0) is 13.8. The molecular formula is C13H19FN2O2. The first kappa shape index (κ1) is 14.7. The number of halogens is 1. The van der Waals surface area contributed by atoms with E-state index >= 15 is 0 Å². The smallest absolute Gasteiger partial charge is 0.182 e. The molecule has 1 aromatic heterocycles. The van der Waals surface area contributed by atoms with E-state index in [9.17, 15) is 14.3 Å². The summed E-state index contributed by atoms with van der Waals surface area (Å²) in [5.74, 6) is -0.580. The molecule has 0 amide bonds. The van der Waals surface area contributed by atoms with Gasteiger partial charge >= 0.3 is 0 Å². The van der Waals surface area contributed by atoms with Gasteiger partial charge in [-0.15, -0.1) is 0 Å². The van der Waals surface area contributed by atoms with Crippen molar-refractivity contribution in [2.24, 2.45) is 0 Å². The van der Waals surface area contributed by atoms with E-state index in [0.717, 1.165) is 6.20 Å². The maximum absolute atomic E-state index is 12.6. The van der Waals surface area contributed by atoms with Crippen LogP contribution in [-0.4, -0.2) is 46.5 Å². The number of carbonyl (C=O) groups excluding carboxylic acids is 1. The minimum atomic E-state index is -0.786. The Labute approximate surface area is 106 Å². The maximum Gasteiger partial charge on any atom is 0.182 e. The number of aliphatic hydroxyl groups is 1. The molecule has 0 aliphatic rings. The third-order valence-corrected chi connectivity index (χ3v) is 2.39. The van der Waals surface area contributed by atoms with Gasteiger partial charge in [0, 0.05) is 19.5 Å². The highest BCUT2D eigenvalue weighted by Crippen LogP contribution is 2.06. The van der Waals surface area contributed by atoms with E-state index in [-0.39, 0.29) is 11.5 Å². The van der Waals surface area contributed by atoms with Crippen LogP contribution in [0.25, 0.3) is 0 Å². The van der Waals surface area contributed by atoms with Gasteiger partial charge in [-0.25, -0.2) is 4.39 Å². The van der Waals surface area contributed by atoms with Crippen molar-refractivity contribution in [2.45, 2.75) is 25.9 Å². The van der Waals surface area contributed by atoms with Gasteiger partial charge in [0.25, 0.3) is 0 Å². The average molecular weight is 254 g/mol. The van der Waals surface area contributed by atoms with Crippen LogP contribution in [0.3, 0.4) is 0 Å². The van der Waals surface area contributed by atoms with Crippen molar-refractivity contribution in [3.05, 3.63) is 29.8 Å². The summed E-state index contributed by atoms with van der Waals surface area (Å²) in [6.07, 6.45) is 1.33. The summed E-state index contributed by atoms with van der Waals surface area (Å²) < 4.78 is 12.6. The topological polar surface area (TPSA) is 53.4 Å². The Bertz CT molecular complexity index is 398. The summed E-state index contributed by atoms with van der Waals surface area (Å²) in [6.45, 7) is 4.44. The van der Waals surface area contributed by atoms with Crippen LogP contribution in [-0.2, 0) is 0 Å². The van der Waals surface area contributed by atoms with Gasteiger partial charge in [0.05, 0.1) is 11.8 Å². The Morgan fingerprint density at radius 2 is 2.17 bits per heavy atom. The van der Waals surface area contributed by atoms with E-state index < -0.39 is 11.4 Å². The van der Waals surface area contributed by atoms with Crippen LogP contribution in [0, 0.1) is 5.82 Å². The highest BCUT2D eigenvalue weighted by Gasteiger charge is 2.16. The molecule has 0 fully saturated rings. The molecule has 0 spiro atoms. The summed E-state index contributed by atoms with van der Waals surface area (Å²) in [5.41, 5.74) is -0.514. The zero-order valence-corrected chi connectivity index (χ0v) is 11.0. The van der Waals surface area contributed by atoms with Crippen LogP contribution in [0.4, 0.5) is 4.39 Å². The van der Waals surface area contributed by atoms with Gasteiger partial charge in [-0.1, -0.05) is 0 Å². The highest BCUT2D eigenvalue weighted by molar-refractivity contribution is 5.94. The number of aromatic nitrogens is 1. The number of likely N-dealkylation sites (N-methyl/N-ethyl adjacent to an activating group) is 1. The summed E-state index contributed by atoms with van der Waals surface area (Å²) in [7, 11) is 1.84. The predicted octanol–water partition coefficient (Wildman–Crippen LogP) is 1.50. The largest absolute Gasteiger partial charge is 0.389 e. The fourth-order valence-electron chi connectivity index (χ4n) is 1.70. The fourth-order valence-corrected chi connectivity index (χ4v) is 1.70. The van der Waals surface area contributed by atoms with Gasteiger partial charge in [0.15, 0.2) is 5.78 Å². The minimum absolute atomic E-state index is 0.127. The molecule has 1 N–H and O–H groups in total. The molecule has 0 atom stereocenters. The fraction of sp³-hybridized carbons (Fsp3) is 0.538. The number of nitrogens with zero attached hydrogens (tertiary/aromatic N) is 2. The van der Waals surface area contributed by atoms with Crippen molar-refractivity contribution in [3.8, 4) is 0 Å². The summed E-state index contributed by atoms with van der Waals surface area (Å²) in [4.78, 5) is 17.4. The molecule has 1 aromatic rings. The first-order valence-electron chi connectivity index (χ1n) is 5.83. The number of hydrogen-bond acceptors (Lipinski definition) is 4. The molecule has 0 saturated carbocycles. The van der Waals surface area contributed by atoms with Crippen LogP contribution in [0.1, 0.15) is 30.8 Å². The SMILES string of the molecule is CN(CCC(=O)c1ccc(F)cn1)CC(C)(C)O. The van der Waals surface area contributed by atoms with Crippen molar-refractivity contribution in [1.82, 2.24) is 9.88 Å². The minimum Gasteiger partial charge on any atom is -0.389 e. The lowest BCUT2D eigenvalue weighted by Gasteiger charge is -2.25. The summed E-state index contributed by atoms with van der Waals surface area (Å²) >= 11 is 0. The lowest BCUT2D eigenvalue weighted by molar-refractivity contribution is 0.0437. The molecule has 0 bridgehead atoms. The van der Waals surface area contributed by atoms with E-state index in [1.54, 1.807) is 13.8 Å². The van der Waals surface area contributed by atoms with Gasteiger partial charge in [-0.05, 0) is 33.0 Å². The van der Waals surface area contributed by atoms with Crippen LogP contribution in [0.2, 0.25) is 0 Å². The molecule has 0 radical (unpaired) electrons. The average Bonchev–Trinajstić information content (AvgIpc) is 2.24. The molecule has 18 heavy (non-hydrogen) atoms. The molecule has 100 valence electrons. The number of rotatable bonds is 6. The number of hydrogen-bond donors (Lipinski definition) is 1. The van der Waals surface area contributed by atoms with E-state index in [4.69, 9.17) is 0 Å². The van der Waals surface area contributed by atoms with Gasteiger partial charge in [-0.2, -0.15) is 0 Å². The number of pyridine rings is 1. The Hall–Kier alpha value is -1.33. The van der Waals surface area contributed by atoms with Gasteiger partial charge < -0.3 is 10.0 Å². The third-order valence-electron chi connectivity index (χ3n) is 2.39. The summed E-state index contributed by atoms with van der Waals surface area (Å²) in [5, 5.41) is 9.62. The van der Waals surface area contributed by atoms with Gasteiger partial charge in [0.2, 0.25) is 0 Å². The molecule has 0 aromatic carbocycles. The van der Waals surface area contributed by atoms with Crippen LogP contribution in [0.15, 0.2) is 18.3 Å². The van der Waals surface area contributed by atoms with E-state index in [1.165, 1.54) is 12.1 Å². The second-order valence-electron chi connectivity index (χ2n) is 5.09. The Morgan fingerprint density at radius 3 is 2.67 bits per heavy atom. The number of ketones is 1. The normalized spacial score (nSPS) is 11.9. The lowest BCUT2D eigenvalue weighted by Crippen LogP contribution is -2.37. The first-order chi connectivity index (χ1) is 8.28. The first-order valence-corrected chi connectivity index (χ1v) is 5.83. The molecule has 1 rings (SSSR count). The van der Waals surface area contributed by atoms with E-state index in [0.29, 0.717) is 19.5 Å². The monoisotopic (exact) mass is 254 g/mol. The molecule has 0 unspecified atom stereocenters. The number of Topliss-reactive ketones (excluding diaryl/α,β-unsaturated/α-hetero) is 1. The van der Waals surface area contributed by atoms with Crippen molar-refractivity contribution in [1.29, 1.82) is 0 Å². The Kier molecular flexibility index (Phi) is 4.93. The quantitative estimate of drug-likeness (QED) is 0.782. The van der Waals surface area contributed by atoms with Crippen LogP contribution in [0.5, 0.6) is 0 Å². The summed E-state index contributed by atoms with van der Waals surface area (Å²) in [6, 6.07) is 2.61. The Morgan fingerprint density at radius 1 is 1.50 bits per heavy atom. The Balaban J connectivity index is 2.44. The van der Waals surface area contributed by atoms with Crippen molar-refractivity contribution in [2.75, 3.05) is 20.1 Å². The molecule has 5 heteroatoms. The molecule has 0 aliphatic heterocycles. The van der Waals surface area contributed by atoms with Gasteiger partial charge in [-0.3, -0.25) is 9.78 Å². The second kappa shape index (κ2) is 6.02. The van der Waals surface area contributed by atoms with Crippen molar-refractivity contribution >= 4 is 5.78 Å². The van der Waals surface area contributed by atoms with E-state index in [2.05, 4.69) is 4.98 Å². The molecule has 0 saturated heterocycles. The number of carbonyl (C=O) groups is 1. The predicted molar refractivity (Wildman–Crippen MR) is 66.9 cm³/mol. The van der Waals surface area contributed by atoms with Gasteiger partial charge in [0.1, 0.15) is 11.5 Å². The standard InChI is InChI=1S/C13H19FN2O2/c1-13(2,18)9-16(3)7-6-12(17)11-5-4-10(14)8-15-11/h4-5,8,18H,6-7,9H2,1-3H3. The van der Waals surface area contributed by atoms with Crippen LogP contribution >= 0.6 is 0 Å². The second-order valence-corrected chi connectivity index (χ2v) is 5.09. The molecular weight excluding hydrogens is 235 g/mol. The molecule has 4 nitrogen and oxygen atoms in total. The lowest BCUT2D eigenvalue weighted by atomic mass is 10.1. The highest BCUT2D eigenvalue weighted by atomic mass is 19.1. The maximum atomic E-state index is 12.6. The van der Waals surface area contributed by atoms with Crippen LogP contribution < -0.4 is 0 Å². The third kappa shape index (κ3) is 5.33. The van der Waals surface area contributed by atoms with Crippen molar-refractivity contribution in [3.63, 3.8) is 0 Å². The zero-order valence-electron chi connectivity index (χ0n) is 11.0.